The summed E-state index contributed by atoms with van der Waals surface area (Å²) < 4.78 is 5.36. The summed E-state index contributed by atoms with van der Waals surface area (Å²) in [4.78, 5) is 0. The van der Waals surface area contributed by atoms with Crippen LogP contribution in [0.2, 0.25) is 0 Å². The van der Waals surface area contributed by atoms with Crippen LogP contribution in [0, 0.1) is 0 Å². The number of fused-ring (bicyclic) bond motifs is 1. The number of hydrogen-bond acceptors (Lipinski definition) is 2. The third-order valence-electron chi connectivity index (χ3n) is 4.00. The van der Waals surface area contributed by atoms with Gasteiger partial charge in [0.15, 0.2) is 0 Å². The molecule has 1 aliphatic rings. The second kappa shape index (κ2) is 6.00. The molecule has 104 valence electrons. The van der Waals surface area contributed by atoms with E-state index in [0.717, 1.165) is 18.0 Å². The Hall–Kier alpha value is -1.96. The van der Waals surface area contributed by atoms with Crippen LogP contribution in [0.1, 0.15) is 29.5 Å². The minimum Gasteiger partial charge on any atom is -0.495 e. The van der Waals surface area contributed by atoms with Gasteiger partial charge in [-0.25, -0.2) is 0 Å². The summed E-state index contributed by atoms with van der Waals surface area (Å²) in [6.07, 6.45) is 5.15. The maximum absolute atomic E-state index is 5.36. The van der Waals surface area contributed by atoms with E-state index in [0.29, 0.717) is 0 Å². The van der Waals surface area contributed by atoms with Gasteiger partial charge in [0.1, 0.15) is 5.75 Å². The van der Waals surface area contributed by atoms with Crippen LogP contribution >= 0.6 is 0 Å². The van der Waals surface area contributed by atoms with E-state index in [9.17, 15) is 0 Å². The molecule has 2 heteroatoms. The van der Waals surface area contributed by atoms with Gasteiger partial charge in [0.25, 0.3) is 0 Å². The largest absolute Gasteiger partial charge is 0.495 e. The van der Waals surface area contributed by atoms with Crippen LogP contribution in [0.3, 0.4) is 0 Å². The van der Waals surface area contributed by atoms with E-state index in [2.05, 4.69) is 29.6 Å². The number of hydrogen-bond donors (Lipinski definition) is 1. The molecule has 20 heavy (non-hydrogen) atoms. The normalized spacial score (nSPS) is 13.7. The van der Waals surface area contributed by atoms with E-state index in [1.54, 1.807) is 7.11 Å². The number of aryl methyl sites for hydroxylation is 2. The van der Waals surface area contributed by atoms with Gasteiger partial charge in [-0.2, -0.15) is 0 Å². The number of ether oxygens (including phenoxy) is 1. The summed E-state index contributed by atoms with van der Waals surface area (Å²) in [5, 5.41) is 3.46. The van der Waals surface area contributed by atoms with Crippen molar-refractivity contribution in [3.05, 3.63) is 59.2 Å². The fourth-order valence-electron chi connectivity index (χ4n) is 2.88. The van der Waals surface area contributed by atoms with E-state index >= 15 is 0 Å². The molecule has 1 aliphatic carbocycles. The van der Waals surface area contributed by atoms with Crippen molar-refractivity contribution in [1.82, 2.24) is 0 Å². The second-order valence-corrected chi connectivity index (χ2v) is 5.36. The van der Waals surface area contributed by atoms with E-state index in [1.807, 2.05) is 18.2 Å². The summed E-state index contributed by atoms with van der Waals surface area (Å²) in [7, 11) is 1.71. The van der Waals surface area contributed by atoms with E-state index in [1.165, 1.54) is 42.4 Å². The van der Waals surface area contributed by atoms with Crippen molar-refractivity contribution in [1.29, 1.82) is 0 Å². The Morgan fingerprint density at radius 1 is 1.00 bits per heavy atom. The average Bonchev–Trinajstić information content (AvgIpc) is 2.53. The third-order valence-corrected chi connectivity index (χ3v) is 4.00. The minimum atomic E-state index is 0.841. The van der Waals surface area contributed by atoms with Gasteiger partial charge in [-0.15, -0.1) is 0 Å². The molecule has 0 radical (unpaired) electrons. The molecule has 2 nitrogen and oxygen atoms in total. The first-order chi connectivity index (χ1) is 9.86. The van der Waals surface area contributed by atoms with Crippen molar-refractivity contribution >= 4 is 5.69 Å². The second-order valence-electron chi connectivity index (χ2n) is 5.36. The molecule has 0 atom stereocenters. The summed E-state index contributed by atoms with van der Waals surface area (Å²) in [5.41, 5.74) is 5.47. The SMILES string of the molecule is COc1ccccc1NCc1ccc2c(c1)CCCC2. The van der Waals surface area contributed by atoms with Crippen LogP contribution in [-0.2, 0) is 19.4 Å². The minimum absolute atomic E-state index is 0.841. The first kappa shape index (κ1) is 13.0. The zero-order valence-electron chi connectivity index (χ0n) is 12.0. The molecule has 3 rings (SSSR count). The Labute approximate surface area is 120 Å². The molecular formula is C18H21NO. The Morgan fingerprint density at radius 2 is 1.80 bits per heavy atom. The van der Waals surface area contributed by atoms with Gasteiger partial charge in [-0.3, -0.25) is 0 Å². The van der Waals surface area contributed by atoms with E-state index in [4.69, 9.17) is 4.74 Å². The monoisotopic (exact) mass is 267 g/mol. The van der Waals surface area contributed by atoms with Crippen molar-refractivity contribution < 1.29 is 4.74 Å². The van der Waals surface area contributed by atoms with Gasteiger partial charge in [-0.05, 0) is 54.5 Å². The lowest BCUT2D eigenvalue weighted by atomic mass is 9.90. The lowest BCUT2D eigenvalue weighted by Gasteiger charge is -2.17. The number of para-hydroxylation sites is 2. The molecule has 0 fully saturated rings. The van der Waals surface area contributed by atoms with Gasteiger partial charge in [0.05, 0.1) is 12.8 Å². The highest BCUT2D eigenvalue weighted by molar-refractivity contribution is 5.56. The highest BCUT2D eigenvalue weighted by Gasteiger charge is 2.09. The molecule has 0 spiro atoms. The molecule has 1 N–H and O–H groups in total. The van der Waals surface area contributed by atoms with Gasteiger partial charge in [-0.1, -0.05) is 30.3 Å². The van der Waals surface area contributed by atoms with Crippen LogP contribution in [-0.4, -0.2) is 7.11 Å². The molecule has 0 heterocycles. The van der Waals surface area contributed by atoms with Crippen molar-refractivity contribution in [2.24, 2.45) is 0 Å². The molecule has 0 aromatic heterocycles. The van der Waals surface area contributed by atoms with Crippen LogP contribution in [0.25, 0.3) is 0 Å². The molecule has 0 amide bonds. The molecule has 0 saturated carbocycles. The average molecular weight is 267 g/mol. The molecular weight excluding hydrogens is 246 g/mol. The lowest BCUT2D eigenvalue weighted by Crippen LogP contribution is -2.06. The molecule has 2 aromatic rings. The highest BCUT2D eigenvalue weighted by atomic mass is 16.5. The Morgan fingerprint density at radius 3 is 2.65 bits per heavy atom. The van der Waals surface area contributed by atoms with Crippen LogP contribution in [0.4, 0.5) is 5.69 Å². The third kappa shape index (κ3) is 2.79. The van der Waals surface area contributed by atoms with Gasteiger partial charge in [0.2, 0.25) is 0 Å². The Kier molecular flexibility index (Phi) is 3.91. The van der Waals surface area contributed by atoms with Gasteiger partial charge < -0.3 is 10.1 Å². The molecule has 0 unspecified atom stereocenters. The summed E-state index contributed by atoms with van der Waals surface area (Å²) in [6, 6.07) is 14.9. The fraction of sp³-hybridized carbons (Fsp3) is 0.333. The fourth-order valence-corrected chi connectivity index (χ4v) is 2.88. The Balaban J connectivity index is 1.72. The number of rotatable bonds is 4. The maximum atomic E-state index is 5.36. The van der Waals surface area contributed by atoms with E-state index < -0.39 is 0 Å². The predicted octanol–water partition coefficient (Wildman–Crippen LogP) is 4.19. The number of nitrogens with one attached hydrogen (secondary N) is 1. The molecule has 0 aliphatic heterocycles. The lowest BCUT2D eigenvalue weighted by molar-refractivity contribution is 0.416. The van der Waals surface area contributed by atoms with Gasteiger partial charge >= 0.3 is 0 Å². The molecule has 0 bridgehead atoms. The molecule has 0 saturated heterocycles. The number of anilines is 1. The van der Waals surface area contributed by atoms with Crippen LogP contribution in [0.5, 0.6) is 5.75 Å². The summed E-state index contributed by atoms with van der Waals surface area (Å²) in [5.74, 6) is 0.894. The first-order valence-corrected chi connectivity index (χ1v) is 7.34. The standard InChI is InChI=1S/C18H21NO/c1-20-18-9-5-4-8-17(18)19-13-14-10-11-15-6-2-3-7-16(15)12-14/h4-5,8-12,19H,2-3,6-7,13H2,1H3. The van der Waals surface area contributed by atoms with E-state index in [-0.39, 0.29) is 0 Å². The smallest absolute Gasteiger partial charge is 0.141 e. The van der Waals surface area contributed by atoms with Crippen LogP contribution in [0.15, 0.2) is 42.5 Å². The van der Waals surface area contributed by atoms with Gasteiger partial charge in [0, 0.05) is 6.54 Å². The van der Waals surface area contributed by atoms with Crippen molar-refractivity contribution in [2.75, 3.05) is 12.4 Å². The topological polar surface area (TPSA) is 21.3 Å². The summed E-state index contributed by atoms with van der Waals surface area (Å²) >= 11 is 0. The highest BCUT2D eigenvalue weighted by Crippen LogP contribution is 2.25. The summed E-state index contributed by atoms with van der Waals surface area (Å²) in [6.45, 7) is 0.841. The van der Waals surface area contributed by atoms with Crippen molar-refractivity contribution in [2.45, 2.75) is 32.2 Å². The maximum Gasteiger partial charge on any atom is 0.141 e. The Bertz CT molecular complexity index is 592. The quantitative estimate of drug-likeness (QED) is 0.897. The van der Waals surface area contributed by atoms with Crippen molar-refractivity contribution in [3.63, 3.8) is 0 Å². The first-order valence-electron chi connectivity index (χ1n) is 7.34. The zero-order valence-corrected chi connectivity index (χ0v) is 12.0. The van der Waals surface area contributed by atoms with Crippen LogP contribution < -0.4 is 10.1 Å². The predicted molar refractivity (Wildman–Crippen MR) is 83.4 cm³/mol. The molecule has 2 aromatic carbocycles. The number of methoxy groups -OCH3 is 1. The zero-order chi connectivity index (χ0) is 13.8. The number of benzene rings is 2. The van der Waals surface area contributed by atoms with Crippen molar-refractivity contribution in [3.8, 4) is 5.75 Å².